The molecule has 4 aromatic carbocycles. The van der Waals surface area contributed by atoms with Gasteiger partial charge in [-0.25, -0.2) is 9.78 Å². The van der Waals surface area contributed by atoms with Crippen LogP contribution in [0.1, 0.15) is 70.0 Å². The summed E-state index contributed by atoms with van der Waals surface area (Å²) in [6.45, 7) is 0.772. The van der Waals surface area contributed by atoms with E-state index < -0.39 is 5.97 Å². The second-order valence-corrected chi connectivity index (χ2v) is 12.0. The van der Waals surface area contributed by atoms with Gasteiger partial charge in [0, 0.05) is 40.3 Å². The first kappa shape index (κ1) is 29.0. The molecule has 5 aromatic rings. The molecule has 0 aliphatic heterocycles. The molecule has 0 radical (unpaired) electrons. The topological polar surface area (TPSA) is 75.4 Å². The molecule has 1 N–H and O–H groups in total. The number of hydrogen-bond acceptors (Lipinski definition) is 3. The van der Waals surface area contributed by atoms with Crippen LogP contribution in [0.25, 0.3) is 22.4 Å². The SMILES string of the molecule is O=C(O)c1ccc2c(c1)nc(-c1ccc(C(=O)N(Cc3cccc(Cl)c3)Cc3cccc(Cl)c3)cc1)n2C1CCCCC1. The van der Waals surface area contributed by atoms with E-state index >= 15 is 0 Å². The number of carbonyl (C=O) groups excluding carboxylic acids is 1. The fourth-order valence-electron chi connectivity index (χ4n) is 6.00. The summed E-state index contributed by atoms with van der Waals surface area (Å²) in [4.78, 5) is 32.3. The summed E-state index contributed by atoms with van der Waals surface area (Å²) in [6.07, 6.45) is 5.63. The van der Waals surface area contributed by atoms with Gasteiger partial charge in [0.1, 0.15) is 5.82 Å². The second kappa shape index (κ2) is 12.6. The van der Waals surface area contributed by atoms with Crippen LogP contribution in [0.3, 0.4) is 0 Å². The van der Waals surface area contributed by atoms with Crippen molar-refractivity contribution < 1.29 is 14.7 Å². The predicted molar refractivity (Wildman–Crippen MR) is 171 cm³/mol. The Balaban J connectivity index is 1.34. The van der Waals surface area contributed by atoms with Gasteiger partial charge in [-0.2, -0.15) is 0 Å². The highest BCUT2D eigenvalue weighted by atomic mass is 35.5. The molecule has 1 aliphatic carbocycles. The van der Waals surface area contributed by atoms with Crippen molar-refractivity contribution in [3.05, 3.63) is 123 Å². The summed E-state index contributed by atoms with van der Waals surface area (Å²) in [7, 11) is 0. The molecule has 0 bridgehead atoms. The van der Waals surface area contributed by atoms with Gasteiger partial charge in [-0.3, -0.25) is 4.79 Å². The van der Waals surface area contributed by atoms with Gasteiger partial charge < -0.3 is 14.6 Å². The van der Waals surface area contributed by atoms with Crippen molar-refractivity contribution >= 4 is 46.1 Å². The minimum Gasteiger partial charge on any atom is -0.478 e. The van der Waals surface area contributed by atoms with E-state index in [0.29, 0.717) is 34.2 Å². The summed E-state index contributed by atoms with van der Waals surface area (Å²) in [5, 5.41) is 10.8. The first-order chi connectivity index (χ1) is 20.9. The maximum atomic E-state index is 13.9. The van der Waals surface area contributed by atoms with Crippen LogP contribution in [-0.2, 0) is 13.1 Å². The van der Waals surface area contributed by atoms with Crippen molar-refractivity contribution in [3.63, 3.8) is 0 Å². The molecular formula is C35H31Cl2N3O3. The van der Waals surface area contributed by atoms with E-state index in [1.165, 1.54) is 6.42 Å². The smallest absolute Gasteiger partial charge is 0.335 e. The Hall–Kier alpha value is -4.13. The van der Waals surface area contributed by atoms with Crippen LogP contribution < -0.4 is 0 Å². The number of fused-ring (bicyclic) bond motifs is 1. The van der Waals surface area contributed by atoms with Crippen LogP contribution in [0.15, 0.2) is 91.0 Å². The normalized spacial score (nSPS) is 13.7. The number of imidazole rings is 1. The summed E-state index contributed by atoms with van der Waals surface area (Å²) in [6, 6.07) is 28.0. The van der Waals surface area contributed by atoms with Crippen LogP contribution in [0.5, 0.6) is 0 Å². The maximum Gasteiger partial charge on any atom is 0.335 e. The number of amides is 1. The minimum absolute atomic E-state index is 0.113. The fraction of sp³-hybridized carbons (Fsp3) is 0.229. The molecule has 218 valence electrons. The van der Waals surface area contributed by atoms with Crippen LogP contribution in [-0.4, -0.2) is 31.4 Å². The number of halogens is 2. The Kier molecular flexibility index (Phi) is 8.50. The van der Waals surface area contributed by atoms with Crippen LogP contribution in [0, 0.1) is 0 Å². The highest BCUT2D eigenvalue weighted by molar-refractivity contribution is 6.30. The minimum atomic E-state index is -0.973. The quantitative estimate of drug-likeness (QED) is 0.190. The highest BCUT2D eigenvalue weighted by Gasteiger charge is 2.24. The van der Waals surface area contributed by atoms with E-state index in [4.69, 9.17) is 28.2 Å². The van der Waals surface area contributed by atoms with E-state index in [9.17, 15) is 14.7 Å². The van der Waals surface area contributed by atoms with Crippen molar-refractivity contribution in [2.45, 2.75) is 51.2 Å². The third-order valence-corrected chi connectivity index (χ3v) is 8.55. The molecule has 43 heavy (non-hydrogen) atoms. The Morgan fingerprint density at radius 1 is 0.791 bits per heavy atom. The Labute approximate surface area is 260 Å². The maximum absolute atomic E-state index is 13.9. The number of aromatic carboxylic acids is 1. The lowest BCUT2D eigenvalue weighted by atomic mass is 9.94. The van der Waals surface area contributed by atoms with Gasteiger partial charge in [0.05, 0.1) is 16.6 Å². The van der Waals surface area contributed by atoms with Crippen LogP contribution in [0.2, 0.25) is 10.0 Å². The third kappa shape index (κ3) is 6.46. The molecule has 0 unspecified atom stereocenters. The van der Waals surface area contributed by atoms with Gasteiger partial charge in [-0.05, 0) is 78.6 Å². The van der Waals surface area contributed by atoms with Crippen LogP contribution >= 0.6 is 23.2 Å². The first-order valence-corrected chi connectivity index (χ1v) is 15.3. The van der Waals surface area contributed by atoms with Gasteiger partial charge in [-0.15, -0.1) is 0 Å². The van der Waals surface area contributed by atoms with Gasteiger partial charge in [-0.1, -0.05) is 78.9 Å². The third-order valence-electron chi connectivity index (χ3n) is 8.08. The molecule has 1 fully saturated rings. The Morgan fingerprint density at radius 3 is 1.98 bits per heavy atom. The van der Waals surface area contributed by atoms with Crippen molar-refractivity contribution in [2.24, 2.45) is 0 Å². The molecule has 6 rings (SSSR count). The van der Waals surface area contributed by atoms with Crippen molar-refractivity contribution in [2.75, 3.05) is 0 Å². The highest BCUT2D eigenvalue weighted by Crippen LogP contribution is 2.36. The van der Waals surface area contributed by atoms with Crippen molar-refractivity contribution in [1.82, 2.24) is 14.5 Å². The average molecular weight is 613 g/mol. The molecule has 1 amide bonds. The Bertz CT molecular complexity index is 1740. The molecular weight excluding hydrogens is 581 g/mol. The van der Waals surface area contributed by atoms with Crippen molar-refractivity contribution in [3.8, 4) is 11.4 Å². The zero-order valence-corrected chi connectivity index (χ0v) is 25.1. The molecule has 0 spiro atoms. The zero-order valence-electron chi connectivity index (χ0n) is 23.5. The number of carboxylic acids is 1. The molecule has 8 heteroatoms. The van der Waals surface area contributed by atoms with Crippen LogP contribution in [0.4, 0.5) is 0 Å². The summed E-state index contributed by atoms with van der Waals surface area (Å²) < 4.78 is 2.27. The van der Waals surface area contributed by atoms with E-state index in [1.807, 2.05) is 78.9 Å². The van der Waals surface area contributed by atoms with E-state index in [2.05, 4.69) is 4.57 Å². The lowest BCUT2D eigenvalue weighted by molar-refractivity contribution is 0.0695. The molecule has 1 saturated carbocycles. The molecule has 1 aliphatic rings. The van der Waals surface area contributed by atoms with Gasteiger partial charge in [0.25, 0.3) is 5.91 Å². The molecule has 6 nitrogen and oxygen atoms in total. The number of carbonyl (C=O) groups is 2. The molecule has 1 heterocycles. The predicted octanol–water partition coefficient (Wildman–Crippen LogP) is 9.06. The van der Waals surface area contributed by atoms with Gasteiger partial charge >= 0.3 is 5.97 Å². The zero-order chi connectivity index (χ0) is 29.9. The largest absolute Gasteiger partial charge is 0.478 e. The van der Waals surface area contributed by atoms with Gasteiger partial charge in [0.2, 0.25) is 0 Å². The van der Waals surface area contributed by atoms with E-state index in [0.717, 1.165) is 53.7 Å². The van der Waals surface area contributed by atoms with E-state index in [-0.39, 0.29) is 17.5 Å². The van der Waals surface area contributed by atoms with E-state index in [1.54, 1.807) is 17.0 Å². The molecule has 0 atom stereocenters. The average Bonchev–Trinajstić information content (AvgIpc) is 3.40. The Morgan fingerprint density at radius 2 is 1.40 bits per heavy atom. The first-order valence-electron chi connectivity index (χ1n) is 14.5. The number of nitrogens with zero attached hydrogens (tertiary/aromatic N) is 3. The monoisotopic (exact) mass is 611 g/mol. The van der Waals surface area contributed by atoms with Crippen molar-refractivity contribution in [1.29, 1.82) is 0 Å². The standard InChI is InChI=1S/C35H31Cl2N3O3/c36-28-8-4-6-23(18-28)21-39(22-24-7-5-9-29(37)19-24)34(41)26-14-12-25(13-15-26)33-38-31-20-27(35(42)43)16-17-32(31)40(33)30-10-2-1-3-11-30/h4-9,12-20,30H,1-3,10-11,21-22H2,(H,42,43). The number of benzene rings is 4. The number of rotatable bonds is 8. The number of aromatic nitrogens is 2. The van der Waals surface area contributed by atoms with Gasteiger partial charge in [0.15, 0.2) is 0 Å². The molecule has 0 saturated heterocycles. The lowest BCUT2D eigenvalue weighted by Crippen LogP contribution is -2.30. The summed E-state index contributed by atoms with van der Waals surface area (Å²) >= 11 is 12.5. The number of carboxylic acid groups (broad SMARTS) is 1. The molecule has 1 aromatic heterocycles. The second-order valence-electron chi connectivity index (χ2n) is 11.1. The lowest BCUT2D eigenvalue weighted by Gasteiger charge is -2.26. The number of hydrogen-bond donors (Lipinski definition) is 1. The summed E-state index contributed by atoms with van der Waals surface area (Å²) in [5.74, 6) is -0.296. The fourth-order valence-corrected chi connectivity index (χ4v) is 6.43. The summed E-state index contributed by atoms with van der Waals surface area (Å²) in [5.41, 5.74) is 5.11.